The third kappa shape index (κ3) is 3.19. The van der Waals surface area contributed by atoms with Crippen LogP contribution < -0.4 is 0 Å². The minimum atomic E-state index is -4.66. The molecule has 2 N–H and O–H groups in total. The van der Waals surface area contributed by atoms with Crippen LogP contribution in [0.3, 0.4) is 0 Å². The number of carbonyl (C=O) groups is 1. The van der Waals surface area contributed by atoms with Crippen molar-refractivity contribution < 1.29 is 32.6 Å². The number of hydrogen-bond donors (Lipinski definition) is 2. The first-order valence-corrected chi connectivity index (χ1v) is 4.85. The summed E-state index contributed by atoms with van der Waals surface area (Å²) in [6, 6.07) is 1.64. The standard InChI is InChI=1S/C11H10F4O3/c1-10(18,9(16)17)5-6-4-7(11(13,14)15)2-3-8(6)12/h2-4,18H,5H2,1H3,(H,16,17). The van der Waals surface area contributed by atoms with Gasteiger partial charge in [0.1, 0.15) is 5.82 Å². The molecular weight excluding hydrogens is 256 g/mol. The number of halogens is 4. The second-order valence-electron chi connectivity index (χ2n) is 4.06. The van der Waals surface area contributed by atoms with Crippen molar-refractivity contribution in [3.63, 3.8) is 0 Å². The van der Waals surface area contributed by atoms with E-state index in [1.54, 1.807) is 0 Å². The van der Waals surface area contributed by atoms with Crippen LogP contribution in [0.2, 0.25) is 0 Å². The molecule has 0 aliphatic rings. The number of rotatable bonds is 3. The zero-order valence-electron chi connectivity index (χ0n) is 9.25. The summed E-state index contributed by atoms with van der Waals surface area (Å²) in [4.78, 5) is 10.6. The van der Waals surface area contributed by atoms with Crippen LogP contribution in [-0.4, -0.2) is 21.8 Å². The summed E-state index contributed by atoms with van der Waals surface area (Å²) in [5, 5.41) is 18.0. The SMILES string of the molecule is CC(O)(Cc1cc(C(F)(F)F)ccc1F)C(=O)O. The minimum Gasteiger partial charge on any atom is -0.479 e. The van der Waals surface area contributed by atoms with E-state index in [1.165, 1.54) is 0 Å². The Bertz CT molecular complexity index is 466. The molecule has 0 saturated heterocycles. The van der Waals surface area contributed by atoms with E-state index in [4.69, 9.17) is 5.11 Å². The smallest absolute Gasteiger partial charge is 0.416 e. The predicted molar refractivity (Wildman–Crippen MR) is 53.4 cm³/mol. The molecule has 1 aromatic rings. The molecule has 100 valence electrons. The van der Waals surface area contributed by atoms with Gasteiger partial charge in [0.2, 0.25) is 0 Å². The fourth-order valence-electron chi connectivity index (χ4n) is 1.33. The van der Waals surface area contributed by atoms with E-state index < -0.39 is 41.1 Å². The first-order valence-electron chi connectivity index (χ1n) is 4.85. The average molecular weight is 266 g/mol. The van der Waals surface area contributed by atoms with Crippen molar-refractivity contribution in [3.05, 3.63) is 35.1 Å². The van der Waals surface area contributed by atoms with Gasteiger partial charge < -0.3 is 10.2 Å². The predicted octanol–water partition coefficient (Wildman–Crippen LogP) is 2.22. The summed E-state index contributed by atoms with van der Waals surface area (Å²) in [6.07, 6.45) is -5.41. The summed E-state index contributed by atoms with van der Waals surface area (Å²) in [5.41, 5.74) is -3.93. The maximum atomic E-state index is 13.3. The van der Waals surface area contributed by atoms with Gasteiger partial charge in [0.05, 0.1) is 5.56 Å². The van der Waals surface area contributed by atoms with Gasteiger partial charge >= 0.3 is 12.1 Å². The van der Waals surface area contributed by atoms with Crippen LogP contribution in [0.1, 0.15) is 18.1 Å². The second kappa shape index (κ2) is 4.56. The lowest BCUT2D eigenvalue weighted by atomic mass is 9.95. The number of carboxylic acids is 1. The fourth-order valence-corrected chi connectivity index (χ4v) is 1.33. The molecule has 1 aromatic carbocycles. The first kappa shape index (κ1) is 14.4. The topological polar surface area (TPSA) is 57.5 Å². The molecule has 1 atom stereocenters. The maximum absolute atomic E-state index is 13.3. The van der Waals surface area contributed by atoms with Crippen molar-refractivity contribution in [1.82, 2.24) is 0 Å². The Labute approximate surface area is 99.7 Å². The van der Waals surface area contributed by atoms with Crippen molar-refractivity contribution >= 4 is 5.97 Å². The zero-order chi connectivity index (χ0) is 14.1. The Balaban J connectivity index is 3.14. The number of aliphatic carboxylic acids is 1. The summed E-state index contributed by atoms with van der Waals surface area (Å²) in [7, 11) is 0. The van der Waals surface area contributed by atoms with E-state index >= 15 is 0 Å². The normalized spacial score (nSPS) is 15.2. The summed E-state index contributed by atoms with van der Waals surface area (Å²) in [5.74, 6) is -2.64. The summed E-state index contributed by atoms with van der Waals surface area (Å²) < 4.78 is 50.4. The fraction of sp³-hybridized carbons (Fsp3) is 0.364. The lowest BCUT2D eigenvalue weighted by Gasteiger charge is -2.19. The largest absolute Gasteiger partial charge is 0.479 e. The number of benzene rings is 1. The molecule has 0 spiro atoms. The third-order valence-corrected chi connectivity index (χ3v) is 2.37. The van der Waals surface area contributed by atoms with Crippen molar-refractivity contribution in [3.8, 4) is 0 Å². The van der Waals surface area contributed by atoms with E-state index in [2.05, 4.69) is 0 Å². The highest BCUT2D eigenvalue weighted by molar-refractivity contribution is 5.77. The average Bonchev–Trinajstić information content (AvgIpc) is 2.19. The molecule has 0 aliphatic heterocycles. The zero-order valence-corrected chi connectivity index (χ0v) is 9.25. The van der Waals surface area contributed by atoms with E-state index in [0.717, 1.165) is 6.92 Å². The quantitative estimate of drug-likeness (QED) is 0.825. The van der Waals surface area contributed by atoms with Gasteiger partial charge in [-0.2, -0.15) is 13.2 Å². The number of alkyl halides is 3. The Morgan fingerprint density at radius 2 is 1.89 bits per heavy atom. The lowest BCUT2D eigenvalue weighted by molar-refractivity contribution is -0.156. The molecule has 0 saturated carbocycles. The molecule has 0 aliphatic carbocycles. The Kier molecular flexibility index (Phi) is 3.66. The monoisotopic (exact) mass is 266 g/mol. The number of hydrogen-bond acceptors (Lipinski definition) is 2. The van der Waals surface area contributed by atoms with Crippen LogP contribution in [0, 0.1) is 5.82 Å². The van der Waals surface area contributed by atoms with Crippen molar-refractivity contribution in [2.75, 3.05) is 0 Å². The maximum Gasteiger partial charge on any atom is 0.416 e. The highest BCUT2D eigenvalue weighted by atomic mass is 19.4. The summed E-state index contributed by atoms with van der Waals surface area (Å²) >= 11 is 0. The number of carboxylic acid groups (broad SMARTS) is 1. The third-order valence-electron chi connectivity index (χ3n) is 2.37. The minimum absolute atomic E-state index is 0.493. The van der Waals surface area contributed by atoms with Crippen molar-refractivity contribution in [2.24, 2.45) is 0 Å². The van der Waals surface area contributed by atoms with Crippen LogP contribution in [0.25, 0.3) is 0 Å². The van der Waals surface area contributed by atoms with Crippen molar-refractivity contribution in [1.29, 1.82) is 0 Å². The molecule has 0 heterocycles. The van der Waals surface area contributed by atoms with Crippen LogP contribution in [0.4, 0.5) is 17.6 Å². The molecule has 18 heavy (non-hydrogen) atoms. The van der Waals surface area contributed by atoms with E-state index in [1.807, 2.05) is 0 Å². The highest BCUT2D eigenvalue weighted by Gasteiger charge is 2.34. The van der Waals surface area contributed by atoms with Gasteiger partial charge in [-0.25, -0.2) is 9.18 Å². The van der Waals surface area contributed by atoms with Gasteiger partial charge in [0.25, 0.3) is 0 Å². The summed E-state index contributed by atoms with van der Waals surface area (Å²) in [6.45, 7) is 0.884. The molecule has 0 bridgehead atoms. The second-order valence-corrected chi connectivity index (χ2v) is 4.06. The first-order chi connectivity index (χ1) is 8.04. The van der Waals surface area contributed by atoms with Crippen LogP contribution >= 0.6 is 0 Å². The van der Waals surface area contributed by atoms with Crippen LogP contribution in [0.5, 0.6) is 0 Å². The highest BCUT2D eigenvalue weighted by Crippen LogP contribution is 2.31. The Hall–Kier alpha value is -1.63. The molecule has 1 unspecified atom stereocenters. The van der Waals surface area contributed by atoms with Gasteiger partial charge in [-0.3, -0.25) is 0 Å². The molecular formula is C11H10F4O3. The van der Waals surface area contributed by atoms with E-state index in [0.29, 0.717) is 18.2 Å². The molecule has 0 aromatic heterocycles. The van der Waals surface area contributed by atoms with Gasteiger partial charge in [-0.1, -0.05) is 0 Å². The lowest BCUT2D eigenvalue weighted by Crippen LogP contribution is -2.37. The van der Waals surface area contributed by atoms with Gasteiger partial charge in [-0.15, -0.1) is 0 Å². The molecule has 1 rings (SSSR count). The van der Waals surface area contributed by atoms with Crippen LogP contribution in [0.15, 0.2) is 18.2 Å². The molecule has 3 nitrogen and oxygen atoms in total. The van der Waals surface area contributed by atoms with Crippen LogP contribution in [-0.2, 0) is 17.4 Å². The molecule has 7 heteroatoms. The Morgan fingerprint density at radius 1 is 1.33 bits per heavy atom. The van der Waals surface area contributed by atoms with Gasteiger partial charge in [-0.05, 0) is 30.7 Å². The van der Waals surface area contributed by atoms with Crippen molar-refractivity contribution in [2.45, 2.75) is 25.1 Å². The Morgan fingerprint density at radius 3 is 2.33 bits per heavy atom. The van der Waals surface area contributed by atoms with Gasteiger partial charge in [0.15, 0.2) is 5.60 Å². The molecule has 0 radical (unpaired) electrons. The van der Waals surface area contributed by atoms with E-state index in [9.17, 15) is 27.5 Å². The van der Waals surface area contributed by atoms with Gasteiger partial charge in [0, 0.05) is 6.42 Å². The molecule has 0 amide bonds. The number of aliphatic hydroxyl groups is 1. The molecule has 0 fully saturated rings. The van der Waals surface area contributed by atoms with E-state index in [-0.39, 0.29) is 0 Å².